The lowest BCUT2D eigenvalue weighted by molar-refractivity contribution is 0.0535. The normalized spacial score (nSPS) is 12.6. The van der Waals surface area contributed by atoms with Crippen LogP contribution in [0.2, 0.25) is 0 Å². The Morgan fingerprint density at radius 1 is 1.36 bits per heavy atom. The molecule has 0 atom stereocenters. The van der Waals surface area contributed by atoms with Crippen LogP contribution < -0.4 is 0 Å². The molecule has 0 bridgehead atoms. The largest absolute Gasteiger partial charge is 0.457 e. The van der Waals surface area contributed by atoms with Gasteiger partial charge in [0.25, 0.3) is 0 Å². The number of benzene rings is 1. The molecule has 1 aliphatic heterocycles. The average molecular weight is 192 g/mol. The van der Waals surface area contributed by atoms with E-state index >= 15 is 0 Å². The van der Waals surface area contributed by atoms with Gasteiger partial charge in [0.1, 0.15) is 6.61 Å². The van der Waals surface area contributed by atoms with Crippen LogP contribution in [0.25, 0.3) is 0 Å². The number of ether oxygens (including phenoxy) is 1. The van der Waals surface area contributed by atoms with E-state index in [1.54, 1.807) is 0 Å². The van der Waals surface area contributed by atoms with Crippen LogP contribution in [-0.4, -0.2) is 5.97 Å². The summed E-state index contributed by atoms with van der Waals surface area (Å²) in [6.45, 7) is 6.54. The fraction of sp³-hybridized carbons (Fsp3) is 0.417. The highest BCUT2D eigenvalue weighted by Gasteiger charge is 2.20. The van der Waals surface area contributed by atoms with Gasteiger partial charge in [-0.05, 0) is 18.1 Å². The van der Waals surface area contributed by atoms with Gasteiger partial charge in [-0.15, -0.1) is 0 Å². The van der Waals surface area contributed by atoms with Gasteiger partial charge < -0.3 is 4.74 Å². The summed E-state index contributed by atoms with van der Waals surface area (Å²) >= 11 is 0. The lowest BCUT2D eigenvalue weighted by atomic mass is 10.0. The van der Waals surface area contributed by atoms with E-state index in [1.807, 2.05) is 32.0 Å². The first kappa shape index (κ1) is 10.8. The van der Waals surface area contributed by atoms with Crippen LogP contribution >= 0.6 is 0 Å². The van der Waals surface area contributed by atoms with E-state index in [0.29, 0.717) is 6.61 Å². The van der Waals surface area contributed by atoms with Crippen LogP contribution in [0.1, 0.15) is 42.3 Å². The van der Waals surface area contributed by atoms with Crippen molar-refractivity contribution in [3.05, 3.63) is 34.9 Å². The molecule has 1 aromatic rings. The van der Waals surface area contributed by atoms with E-state index < -0.39 is 0 Å². The maximum atomic E-state index is 11.0. The summed E-state index contributed by atoms with van der Waals surface area (Å²) in [6.07, 6.45) is 1.00. The number of carbonyl (C=O) groups excluding carboxylic acids is 1. The van der Waals surface area contributed by atoms with Crippen molar-refractivity contribution < 1.29 is 9.53 Å². The van der Waals surface area contributed by atoms with Gasteiger partial charge in [0, 0.05) is 5.56 Å². The number of fused-ring (bicyclic) bond motifs is 1. The Balaban J connectivity index is 0.000000461. The van der Waals surface area contributed by atoms with Crippen LogP contribution in [0.5, 0.6) is 0 Å². The molecule has 0 aliphatic carbocycles. The molecule has 14 heavy (non-hydrogen) atoms. The maximum absolute atomic E-state index is 11.0. The van der Waals surface area contributed by atoms with Gasteiger partial charge in [0.15, 0.2) is 0 Å². The predicted octanol–water partition coefficient (Wildman–Crippen LogP) is 2.95. The Labute approximate surface area is 84.9 Å². The molecular weight excluding hydrogens is 176 g/mol. The zero-order valence-corrected chi connectivity index (χ0v) is 8.96. The summed E-state index contributed by atoms with van der Waals surface area (Å²) < 4.78 is 4.88. The molecule has 0 aromatic heterocycles. The first-order valence-electron chi connectivity index (χ1n) is 5.10. The van der Waals surface area contributed by atoms with Crippen LogP contribution in [-0.2, 0) is 17.8 Å². The minimum absolute atomic E-state index is 0.187. The van der Waals surface area contributed by atoms with Crippen LogP contribution in [0.4, 0.5) is 0 Å². The fourth-order valence-electron chi connectivity index (χ4n) is 1.41. The molecule has 0 saturated carbocycles. The van der Waals surface area contributed by atoms with E-state index in [4.69, 9.17) is 4.74 Å². The van der Waals surface area contributed by atoms with Gasteiger partial charge >= 0.3 is 5.97 Å². The highest BCUT2D eigenvalue weighted by atomic mass is 16.5. The van der Waals surface area contributed by atoms with E-state index in [-0.39, 0.29) is 5.97 Å². The molecule has 0 N–H and O–H groups in total. The third kappa shape index (κ3) is 1.95. The van der Waals surface area contributed by atoms with Crippen molar-refractivity contribution in [1.29, 1.82) is 0 Å². The van der Waals surface area contributed by atoms with Gasteiger partial charge in [0.05, 0.1) is 5.56 Å². The molecule has 1 aromatic carbocycles. The van der Waals surface area contributed by atoms with Crippen molar-refractivity contribution in [1.82, 2.24) is 0 Å². The Bertz CT molecular complexity index is 329. The number of hydrogen-bond acceptors (Lipinski definition) is 2. The lowest BCUT2D eigenvalue weighted by Gasteiger charge is -1.97. The second kappa shape index (κ2) is 4.80. The second-order valence-electron chi connectivity index (χ2n) is 2.92. The Morgan fingerprint density at radius 2 is 2.07 bits per heavy atom. The summed E-state index contributed by atoms with van der Waals surface area (Å²) in [4.78, 5) is 11.0. The number of esters is 1. The second-order valence-corrected chi connectivity index (χ2v) is 2.92. The first-order valence-corrected chi connectivity index (χ1v) is 5.10. The minimum atomic E-state index is -0.187. The predicted molar refractivity (Wildman–Crippen MR) is 56.3 cm³/mol. The van der Waals surface area contributed by atoms with Gasteiger partial charge in [-0.2, -0.15) is 0 Å². The van der Waals surface area contributed by atoms with E-state index in [0.717, 1.165) is 17.5 Å². The summed E-state index contributed by atoms with van der Waals surface area (Å²) in [6, 6.07) is 5.87. The van der Waals surface area contributed by atoms with Crippen molar-refractivity contribution >= 4 is 5.97 Å². The highest BCUT2D eigenvalue weighted by Crippen LogP contribution is 2.20. The third-order valence-electron chi connectivity index (χ3n) is 2.16. The van der Waals surface area contributed by atoms with Crippen molar-refractivity contribution in [2.24, 2.45) is 0 Å². The van der Waals surface area contributed by atoms with Crippen molar-refractivity contribution in [3.8, 4) is 0 Å². The molecule has 2 heteroatoms. The standard InChI is InChI=1S/C10H10O2.C2H6/c1-2-7-3-4-9-8(5-7)6-12-10(9)11;1-2/h3-5H,2,6H2,1H3;1-2H3. The molecule has 0 spiro atoms. The molecule has 0 unspecified atom stereocenters. The molecule has 0 saturated heterocycles. The molecule has 0 fully saturated rings. The molecular formula is C12H16O2. The Morgan fingerprint density at radius 3 is 2.71 bits per heavy atom. The monoisotopic (exact) mass is 192 g/mol. The zero-order valence-electron chi connectivity index (χ0n) is 8.96. The van der Waals surface area contributed by atoms with E-state index in [9.17, 15) is 4.79 Å². The van der Waals surface area contributed by atoms with Crippen LogP contribution in [0, 0.1) is 0 Å². The quantitative estimate of drug-likeness (QED) is 0.639. The third-order valence-corrected chi connectivity index (χ3v) is 2.16. The number of cyclic esters (lactones) is 1. The molecule has 76 valence electrons. The van der Waals surface area contributed by atoms with Crippen molar-refractivity contribution in [2.45, 2.75) is 33.8 Å². The zero-order chi connectivity index (χ0) is 10.6. The topological polar surface area (TPSA) is 26.3 Å². The van der Waals surface area contributed by atoms with E-state index in [1.165, 1.54) is 5.56 Å². The number of hydrogen-bond donors (Lipinski definition) is 0. The van der Waals surface area contributed by atoms with Crippen molar-refractivity contribution in [3.63, 3.8) is 0 Å². The van der Waals surface area contributed by atoms with E-state index in [2.05, 4.69) is 6.92 Å². The summed E-state index contributed by atoms with van der Waals surface area (Å²) in [7, 11) is 0. The Kier molecular flexibility index (Phi) is 3.69. The summed E-state index contributed by atoms with van der Waals surface area (Å²) in [5.74, 6) is -0.187. The van der Waals surface area contributed by atoms with Crippen LogP contribution in [0.3, 0.4) is 0 Å². The average Bonchev–Trinajstić information content (AvgIpc) is 2.63. The number of carbonyl (C=O) groups is 1. The van der Waals surface area contributed by atoms with Crippen molar-refractivity contribution in [2.75, 3.05) is 0 Å². The number of aryl methyl sites for hydroxylation is 1. The van der Waals surface area contributed by atoms with Gasteiger partial charge in [-0.3, -0.25) is 0 Å². The van der Waals surface area contributed by atoms with Gasteiger partial charge in [-0.25, -0.2) is 4.79 Å². The SMILES string of the molecule is CC.CCc1ccc2c(c1)COC2=O. The molecule has 1 heterocycles. The first-order chi connectivity index (χ1) is 6.81. The molecule has 1 aliphatic rings. The lowest BCUT2D eigenvalue weighted by Crippen LogP contribution is -1.93. The number of rotatable bonds is 1. The Hall–Kier alpha value is -1.31. The highest BCUT2D eigenvalue weighted by molar-refractivity contribution is 5.93. The van der Waals surface area contributed by atoms with Gasteiger partial charge in [-0.1, -0.05) is 32.9 Å². The molecule has 0 radical (unpaired) electrons. The fourth-order valence-corrected chi connectivity index (χ4v) is 1.41. The molecule has 2 rings (SSSR count). The summed E-state index contributed by atoms with van der Waals surface area (Å²) in [5, 5.41) is 0. The smallest absolute Gasteiger partial charge is 0.338 e. The minimum Gasteiger partial charge on any atom is -0.457 e. The molecule has 2 nitrogen and oxygen atoms in total. The molecule has 0 amide bonds. The van der Waals surface area contributed by atoms with Gasteiger partial charge in [0.2, 0.25) is 0 Å². The summed E-state index contributed by atoms with van der Waals surface area (Å²) in [5.41, 5.74) is 3.01. The maximum Gasteiger partial charge on any atom is 0.338 e. The van der Waals surface area contributed by atoms with Crippen LogP contribution in [0.15, 0.2) is 18.2 Å².